The Morgan fingerprint density at radius 1 is 1.35 bits per heavy atom. The number of nitrogens with one attached hydrogen (secondary N) is 1. The number of carbonyl (C=O) groups is 1. The van der Waals surface area contributed by atoms with E-state index < -0.39 is 6.04 Å². The van der Waals surface area contributed by atoms with E-state index in [2.05, 4.69) is 24.1 Å². The summed E-state index contributed by atoms with van der Waals surface area (Å²) in [6, 6.07) is 6.63. The van der Waals surface area contributed by atoms with E-state index >= 15 is 0 Å². The zero-order valence-electron chi connectivity index (χ0n) is 12.5. The molecule has 5 heteroatoms. The first-order valence-corrected chi connectivity index (χ1v) is 6.91. The third-order valence-corrected chi connectivity index (χ3v) is 3.37. The van der Waals surface area contributed by atoms with Gasteiger partial charge in [-0.2, -0.15) is 0 Å². The van der Waals surface area contributed by atoms with Crippen LogP contribution in [-0.4, -0.2) is 48.1 Å². The largest absolute Gasteiger partial charge is 0.508 e. The Kier molecular flexibility index (Phi) is 6.48. The number of phenolic OH excluding ortho intramolecular Hbond substituents is 1. The highest BCUT2D eigenvalue weighted by Gasteiger charge is 2.14. The number of hydrogen-bond acceptors (Lipinski definition) is 4. The van der Waals surface area contributed by atoms with E-state index in [9.17, 15) is 9.90 Å². The van der Waals surface area contributed by atoms with Crippen molar-refractivity contribution in [3.8, 4) is 5.75 Å². The van der Waals surface area contributed by atoms with E-state index in [0.717, 1.165) is 12.1 Å². The number of carbonyl (C=O) groups excluding carboxylic acids is 1. The molecule has 20 heavy (non-hydrogen) atoms. The molecule has 0 aliphatic heterocycles. The fraction of sp³-hybridized carbons (Fsp3) is 0.533. The highest BCUT2D eigenvalue weighted by Crippen LogP contribution is 2.10. The van der Waals surface area contributed by atoms with Gasteiger partial charge in [-0.3, -0.25) is 4.79 Å². The Bertz CT molecular complexity index is 418. The molecule has 112 valence electrons. The Hall–Kier alpha value is -1.59. The molecule has 0 saturated heterocycles. The van der Waals surface area contributed by atoms with Gasteiger partial charge in [-0.05, 0) is 45.0 Å². The minimum atomic E-state index is -0.566. The highest BCUT2D eigenvalue weighted by atomic mass is 16.3. The molecule has 0 radical (unpaired) electrons. The van der Waals surface area contributed by atoms with Gasteiger partial charge in [0.1, 0.15) is 5.75 Å². The number of aromatic hydroxyl groups is 1. The van der Waals surface area contributed by atoms with Crippen LogP contribution >= 0.6 is 0 Å². The molecular weight excluding hydrogens is 254 g/mol. The summed E-state index contributed by atoms with van der Waals surface area (Å²) in [7, 11) is 2.02. The van der Waals surface area contributed by atoms with Crippen molar-refractivity contribution in [1.29, 1.82) is 0 Å². The summed E-state index contributed by atoms with van der Waals surface area (Å²) in [5, 5.41) is 12.0. The topological polar surface area (TPSA) is 78.6 Å². The number of nitrogens with zero attached hydrogens (tertiary/aromatic N) is 1. The maximum atomic E-state index is 11.9. The number of rotatable bonds is 7. The molecule has 0 fully saturated rings. The molecule has 4 N–H and O–H groups in total. The summed E-state index contributed by atoms with van der Waals surface area (Å²) in [6.45, 7) is 5.61. The SMILES string of the molecule is CC(C)N(C)CCNC(=O)[C@@H](N)Cc1ccc(O)cc1. The first-order chi connectivity index (χ1) is 9.40. The molecule has 0 unspecified atom stereocenters. The van der Waals surface area contributed by atoms with E-state index in [-0.39, 0.29) is 11.7 Å². The van der Waals surface area contributed by atoms with Crippen molar-refractivity contribution in [1.82, 2.24) is 10.2 Å². The molecule has 5 nitrogen and oxygen atoms in total. The van der Waals surface area contributed by atoms with Crippen LogP contribution in [0.1, 0.15) is 19.4 Å². The average Bonchev–Trinajstić information content (AvgIpc) is 2.40. The fourth-order valence-corrected chi connectivity index (χ4v) is 1.72. The molecule has 0 aromatic heterocycles. The lowest BCUT2D eigenvalue weighted by Gasteiger charge is -2.21. The second-order valence-corrected chi connectivity index (χ2v) is 5.34. The summed E-state index contributed by atoms with van der Waals surface area (Å²) in [4.78, 5) is 14.0. The fourth-order valence-electron chi connectivity index (χ4n) is 1.72. The van der Waals surface area contributed by atoms with Crippen molar-refractivity contribution in [2.45, 2.75) is 32.4 Å². The maximum absolute atomic E-state index is 11.9. The van der Waals surface area contributed by atoms with Gasteiger partial charge >= 0.3 is 0 Å². The van der Waals surface area contributed by atoms with Crippen LogP contribution in [0.15, 0.2) is 24.3 Å². The summed E-state index contributed by atoms with van der Waals surface area (Å²) in [6.07, 6.45) is 0.464. The molecule has 1 atom stereocenters. The first kappa shape index (κ1) is 16.5. The van der Waals surface area contributed by atoms with Crippen LogP contribution < -0.4 is 11.1 Å². The van der Waals surface area contributed by atoms with Crippen LogP contribution in [0, 0.1) is 0 Å². The molecule has 0 heterocycles. The normalized spacial score (nSPS) is 12.7. The van der Waals surface area contributed by atoms with Gasteiger partial charge in [0, 0.05) is 19.1 Å². The zero-order chi connectivity index (χ0) is 15.1. The average molecular weight is 279 g/mol. The van der Waals surface area contributed by atoms with Crippen molar-refractivity contribution < 1.29 is 9.90 Å². The maximum Gasteiger partial charge on any atom is 0.237 e. The molecule has 1 aromatic carbocycles. The van der Waals surface area contributed by atoms with Crippen LogP contribution in [0.3, 0.4) is 0 Å². The predicted molar refractivity (Wildman–Crippen MR) is 80.6 cm³/mol. The van der Waals surface area contributed by atoms with E-state index in [0.29, 0.717) is 19.0 Å². The van der Waals surface area contributed by atoms with Gasteiger partial charge in [0.15, 0.2) is 0 Å². The van der Waals surface area contributed by atoms with Crippen LogP contribution in [0.4, 0.5) is 0 Å². The summed E-state index contributed by atoms with van der Waals surface area (Å²) in [5.74, 6) is 0.0683. The standard InChI is InChI=1S/C15H25N3O2/c1-11(2)18(3)9-8-17-15(20)14(16)10-12-4-6-13(19)7-5-12/h4-7,11,14,19H,8-10,16H2,1-3H3,(H,17,20)/t14-/m0/s1. The lowest BCUT2D eigenvalue weighted by molar-refractivity contribution is -0.122. The summed E-state index contributed by atoms with van der Waals surface area (Å²) >= 11 is 0. The Morgan fingerprint density at radius 3 is 2.50 bits per heavy atom. The smallest absolute Gasteiger partial charge is 0.237 e. The van der Waals surface area contributed by atoms with Crippen molar-refractivity contribution >= 4 is 5.91 Å². The number of likely N-dealkylation sites (N-methyl/N-ethyl adjacent to an activating group) is 1. The van der Waals surface area contributed by atoms with Gasteiger partial charge in [-0.1, -0.05) is 12.1 Å². The molecule has 0 spiro atoms. The Balaban J connectivity index is 2.34. The lowest BCUT2D eigenvalue weighted by Crippen LogP contribution is -2.44. The third-order valence-electron chi connectivity index (χ3n) is 3.37. The summed E-state index contributed by atoms with van der Waals surface area (Å²) in [5.41, 5.74) is 6.81. The second-order valence-electron chi connectivity index (χ2n) is 5.34. The highest BCUT2D eigenvalue weighted by molar-refractivity contribution is 5.81. The van der Waals surface area contributed by atoms with Crippen LogP contribution in [0.2, 0.25) is 0 Å². The quantitative estimate of drug-likeness (QED) is 0.687. The monoisotopic (exact) mass is 279 g/mol. The molecule has 0 bridgehead atoms. The number of hydrogen-bond donors (Lipinski definition) is 3. The molecular formula is C15H25N3O2. The number of phenols is 1. The molecule has 0 aliphatic carbocycles. The van der Waals surface area contributed by atoms with Gasteiger partial charge < -0.3 is 21.1 Å². The Morgan fingerprint density at radius 2 is 1.95 bits per heavy atom. The van der Waals surface area contributed by atoms with E-state index in [4.69, 9.17) is 5.73 Å². The predicted octanol–water partition coefficient (Wildman–Crippen LogP) is 0.718. The molecule has 1 rings (SSSR count). The van der Waals surface area contributed by atoms with Crippen molar-refractivity contribution in [2.24, 2.45) is 5.73 Å². The molecule has 1 aromatic rings. The van der Waals surface area contributed by atoms with Crippen molar-refractivity contribution in [2.75, 3.05) is 20.1 Å². The van der Waals surface area contributed by atoms with Gasteiger partial charge in [0.05, 0.1) is 6.04 Å². The van der Waals surface area contributed by atoms with Crippen molar-refractivity contribution in [3.05, 3.63) is 29.8 Å². The van der Waals surface area contributed by atoms with Crippen molar-refractivity contribution in [3.63, 3.8) is 0 Å². The second kappa shape index (κ2) is 7.87. The minimum absolute atomic E-state index is 0.143. The van der Waals surface area contributed by atoms with Gasteiger partial charge in [-0.15, -0.1) is 0 Å². The minimum Gasteiger partial charge on any atom is -0.508 e. The van der Waals surface area contributed by atoms with Gasteiger partial charge in [-0.25, -0.2) is 0 Å². The lowest BCUT2D eigenvalue weighted by atomic mass is 10.1. The first-order valence-electron chi connectivity index (χ1n) is 6.91. The van der Waals surface area contributed by atoms with Crippen LogP contribution in [0.5, 0.6) is 5.75 Å². The number of amides is 1. The zero-order valence-corrected chi connectivity index (χ0v) is 12.5. The molecule has 0 aliphatic rings. The van der Waals surface area contributed by atoms with Gasteiger partial charge in [0.25, 0.3) is 0 Å². The van der Waals surface area contributed by atoms with E-state index in [1.807, 2.05) is 7.05 Å². The number of nitrogens with two attached hydrogens (primary N) is 1. The van der Waals surface area contributed by atoms with Gasteiger partial charge in [0.2, 0.25) is 5.91 Å². The van der Waals surface area contributed by atoms with Crippen LogP contribution in [0.25, 0.3) is 0 Å². The molecule has 1 amide bonds. The van der Waals surface area contributed by atoms with E-state index in [1.165, 1.54) is 0 Å². The summed E-state index contributed by atoms with van der Waals surface area (Å²) < 4.78 is 0. The molecule has 0 saturated carbocycles. The van der Waals surface area contributed by atoms with Crippen LogP contribution in [-0.2, 0) is 11.2 Å². The Labute approximate surface area is 120 Å². The van der Waals surface area contributed by atoms with E-state index in [1.54, 1.807) is 24.3 Å². The number of benzene rings is 1. The third kappa shape index (κ3) is 5.59.